The van der Waals surface area contributed by atoms with Gasteiger partial charge in [0.1, 0.15) is 11.4 Å². The van der Waals surface area contributed by atoms with E-state index < -0.39 is 0 Å². The number of rotatable bonds is 8. The highest BCUT2D eigenvalue weighted by Crippen LogP contribution is 2.10. The maximum absolute atomic E-state index is 3.54. The van der Waals surface area contributed by atoms with E-state index in [0.717, 1.165) is 35.7 Å². The van der Waals surface area contributed by atoms with Crippen LogP contribution >= 0.6 is 0 Å². The molecule has 3 aromatic carbocycles. The molecular formula is C27H35Cl2N3. The Labute approximate surface area is 205 Å². The van der Waals surface area contributed by atoms with Gasteiger partial charge in [0.25, 0.3) is 5.84 Å². The highest BCUT2D eigenvalue weighted by atomic mass is 35.5. The van der Waals surface area contributed by atoms with Gasteiger partial charge in [0.05, 0.1) is 24.2 Å². The number of benzene rings is 3. The predicted octanol–water partition coefficient (Wildman–Crippen LogP) is -2.79. The zero-order valence-electron chi connectivity index (χ0n) is 19.4. The Balaban J connectivity index is 0.00000256. The van der Waals surface area contributed by atoms with Gasteiger partial charge < -0.3 is 29.7 Å². The second kappa shape index (κ2) is 13.9. The van der Waals surface area contributed by atoms with Crippen LogP contribution in [0.1, 0.15) is 38.8 Å². The molecule has 0 aliphatic heterocycles. The Morgan fingerprint density at radius 1 is 0.750 bits per heavy atom. The molecular weight excluding hydrogens is 437 g/mol. The minimum absolute atomic E-state index is 0. The van der Waals surface area contributed by atoms with Gasteiger partial charge in [0, 0.05) is 6.42 Å². The van der Waals surface area contributed by atoms with Gasteiger partial charge in [-0.2, -0.15) is 0 Å². The number of amidine groups is 1. The molecule has 0 atom stereocenters. The van der Waals surface area contributed by atoms with Crippen LogP contribution in [0, 0.1) is 0 Å². The number of quaternary nitrogens is 1. The Morgan fingerprint density at radius 3 is 1.81 bits per heavy atom. The van der Waals surface area contributed by atoms with E-state index in [0.29, 0.717) is 12.1 Å². The van der Waals surface area contributed by atoms with Crippen molar-refractivity contribution in [2.45, 2.75) is 46.2 Å². The summed E-state index contributed by atoms with van der Waals surface area (Å²) in [5.74, 6) is 0.982. The summed E-state index contributed by atoms with van der Waals surface area (Å²) in [7, 11) is 0. The zero-order chi connectivity index (χ0) is 21.3. The third-order valence-electron chi connectivity index (χ3n) is 5.51. The van der Waals surface area contributed by atoms with Crippen molar-refractivity contribution in [1.82, 2.24) is 0 Å². The highest BCUT2D eigenvalue weighted by molar-refractivity contribution is 6.04. The normalized spacial score (nSPS) is 11.3. The molecule has 0 bridgehead atoms. The lowest BCUT2D eigenvalue weighted by Gasteiger charge is -2.27. The summed E-state index contributed by atoms with van der Waals surface area (Å²) >= 11 is 0. The topological polar surface area (TPSA) is 30.4 Å². The van der Waals surface area contributed by atoms with Crippen LogP contribution in [0.3, 0.4) is 0 Å². The summed E-state index contributed by atoms with van der Waals surface area (Å²) in [6.45, 7) is 10.4. The second-order valence-electron chi connectivity index (χ2n) is 8.44. The minimum atomic E-state index is 0. The van der Waals surface area contributed by atoms with Crippen LogP contribution < -0.4 is 40.0 Å². The Bertz CT molecular complexity index is 916. The average Bonchev–Trinajstić information content (AvgIpc) is 2.75. The lowest BCUT2D eigenvalue weighted by atomic mass is 10.1. The third kappa shape index (κ3) is 8.31. The fourth-order valence-electron chi connectivity index (χ4n) is 3.88. The summed E-state index contributed by atoms with van der Waals surface area (Å²) in [5, 5.41) is 3.54. The number of anilines is 1. The van der Waals surface area contributed by atoms with E-state index in [4.69, 9.17) is 0 Å². The van der Waals surface area contributed by atoms with Crippen LogP contribution in [0.15, 0.2) is 84.9 Å². The fraction of sp³-hybridized carbons (Fsp3) is 0.296. The molecule has 0 aromatic heterocycles. The highest BCUT2D eigenvalue weighted by Gasteiger charge is 2.17. The van der Waals surface area contributed by atoms with Gasteiger partial charge in [-0.05, 0) is 69.7 Å². The smallest absolute Gasteiger partial charge is 0.285 e. The minimum Gasteiger partial charge on any atom is -1.00 e. The van der Waals surface area contributed by atoms with E-state index in [9.17, 15) is 0 Å². The van der Waals surface area contributed by atoms with Gasteiger partial charge in [-0.15, -0.1) is 0 Å². The lowest BCUT2D eigenvalue weighted by Crippen LogP contribution is -3.18. The van der Waals surface area contributed by atoms with E-state index >= 15 is 0 Å². The average molecular weight is 473 g/mol. The summed E-state index contributed by atoms with van der Waals surface area (Å²) < 4.78 is 0. The summed E-state index contributed by atoms with van der Waals surface area (Å²) in [6, 6.07) is 30.8. The standard InChI is InChI=1S/C27H33N3.2ClH/c1-21(2)30(22(3)4)20-19-23-15-17-24(18-16-23)27(28-25-11-7-5-8-12-25)29-26-13-9-6-10-14-26;;/h5-18,21-22H,19-20H2,1-4H3,(H,28,29);2*1H. The van der Waals surface area contributed by atoms with Crippen molar-refractivity contribution in [3.8, 4) is 0 Å². The zero-order valence-corrected chi connectivity index (χ0v) is 20.9. The second-order valence-corrected chi connectivity index (χ2v) is 8.44. The van der Waals surface area contributed by atoms with E-state index in [1.165, 1.54) is 5.56 Å². The molecule has 3 rings (SSSR count). The molecule has 0 saturated heterocycles. The first-order valence-electron chi connectivity index (χ1n) is 11.0. The monoisotopic (exact) mass is 471 g/mol. The van der Waals surface area contributed by atoms with Gasteiger partial charge >= 0.3 is 0 Å². The van der Waals surface area contributed by atoms with E-state index in [1.54, 1.807) is 4.90 Å². The first-order valence-corrected chi connectivity index (χ1v) is 11.0. The number of hydrogen-bond donors (Lipinski definition) is 3. The van der Waals surface area contributed by atoms with Gasteiger partial charge in [-0.3, -0.25) is 0 Å². The van der Waals surface area contributed by atoms with Gasteiger partial charge in [-0.25, -0.2) is 10.3 Å². The Morgan fingerprint density at radius 2 is 1.28 bits per heavy atom. The molecule has 0 radical (unpaired) electrons. The van der Waals surface area contributed by atoms with E-state index in [-0.39, 0.29) is 24.8 Å². The van der Waals surface area contributed by atoms with Crippen LogP contribution in [0.2, 0.25) is 0 Å². The van der Waals surface area contributed by atoms with E-state index in [1.807, 2.05) is 36.4 Å². The number of hydrogen-bond acceptors (Lipinski definition) is 0. The van der Waals surface area contributed by atoms with Crippen molar-refractivity contribution in [3.63, 3.8) is 0 Å². The molecule has 172 valence electrons. The van der Waals surface area contributed by atoms with Crippen molar-refractivity contribution < 1.29 is 34.7 Å². The number of nitrogens with one attached hydrogen (secondary N) is 3. The molecule has 3 nitrogen and oxygen atoms in total. The van der Waals surface area contributed by atoms with Crippen LogP contribution in [0.5, 0.6) is 0 Å². The van der Waals surface area contributed by atoms with Crippen LogP contribution in [-0.4, -0.2) is 24.5 Å². The maximum Gasteiger partial charge on any atom is 0.285 e. The Kier molecular flexibility index (Phi) is 12.1. The lowest BCUT2D eigenvalue weighted by molar-refractivity contribution is -0.942. The quantitative estimate of drug-likeness (QED) is 0.240. The molecule has 0 aliphatic rings. The molecule has 0 unspecified atom stereocenters. The SMILES string of the molecule is CC(C)[NH+](CCc1ccc(C(Nc2ccccc2)=[NH+]c2ccccc2)cc1)C(C)C.[Cl-].[Cl-]. The van der Waals surface area contributed by atoms with Gasteiger partial charge in [0.2, 0.25) is 0 Å². The maximum atomic E-state index is 3.54. The van der Waals surface area contributed by atoms with Crippen LogP contribution in [0.25, 0.3) is 0 Å². The molecule has 3 aromatic rings. The van der Waals surface area contributed by atoms with Crippen LogP contribution in [-0.2, 0) is 6.42 Å². The number of halogens is 2. The summed E-state index contributed by atoms with van der Waals surface area (Å²) in [4.78, 5) is 5.20. The largest absolute Gasteiger partial charge is 1.00 e. The molecule has 0 fully saturated rings. The fourth-order valence-corrected chi connectivity index (χ4v) is 3.88. The molecule has 32 heavy (non-hydrogen) atoms. The first-order chi connectivity index (χ1) is 14.5. The molecule has 0 spiro atoms. The van der Waals surface area contributed by atoms with Crippen molar-refractivity contribution in [2.75, 3.05) is 11.9 Å². The number of para-hydroxylation sites is 2. The van der Waals surface area contributed by atoms with Gasteiger partial charge in [0.15, 0.2) is 0 Å². The molecule has 5 heteroatoms. The van der Waals surface area contributed by atoms with Crippen molar-refractivity contribution >= 4 is 17.2 Å². The van der Waals surface area contributed by atoms with Crippen molar-refractivity contribution in [2.24, 2.45) is 0 Å². The third-order valence-corrected chi connectivity index (χ3v) is 5.51. The Hall–Kier alpha value is -2.33. The van der Waals surface area contributed by atoms with Crippen LogP contribution in [0.4, 0.5) is 11.4 Å². The summed E-state index contributed by atoms with van der Waals surface area (Å²) in [6.07, 6.45) is 1.10. The molecule has 0 saturated carbocycles. The molecule has 0 aliphatic carbocycles. The molecule has 0 heterocycles. The van der Waals surface area contributed by atoms with Crippen molar-refractivity contribution in [3.05, 3.63) is 96.1 Å². The molecule has 0 amide bonds. The van der Waals surface area contributed by atoms with Gasteiger partial charge in [-0.1, -0.05) is 48.5 Å². The molecule has 3 N–H and O–H groups in total. The predicted molar refractivity (Wildman–Crippen MR) is 127 cm³/mol. The summed E-state index contributed by atoms with van der Waals surface area (Å²) in [5.41, 5.74) is 4.65. The van der Waals surface area contributed by atoms with E-state index in [2.05, 4.69) is 86.5 Å². The van der Waals surface area contributed by atoms with Crippen molar-refractivity contribution in [1.29, 1.82) is 0 Å². The first kappa shape index (κ1) is 27.7.